The number of rotatable bonds is 3. The lowest BCUT2D eigenvalue weighted by atomic mass is 10.1. The minimum atomic E-state index is -0.836. The predicted molar refractivity (Wildman–Crippen MR) is 39.5 cm³/mol. The molecule has 0 saturated carbocycles. The summed E-state index contributed by atoms with van der Waals surface area (Å²) in [4.78, 5) is 10.5. The van der Waals surface area contributed by atoms with Crippen LogP contribution in [0.25, 0.3) is 0 Å². The van der Waals surface area contributed by atoms with Crippen molar-refractivity contribution >= 4 is 5.97 Å². The van der Waals surface area contributed by atoms with Crippen LogP contribution in [0.5, 0.6) is 0 Å². The summed E-state index contributed by atoms with van der Waals surface area (Å²) in [7, 11) is 0. The molecule has 1 rings (SSSR count). The molecule has 66 valence electrons. The van der Waals surface area contributed by atoms with Crippen LogP contribution in [-0.2, 0) is 11.2 Å². The molecule has 5 heteroatoms. The zero-order chi connectivity index (χ0) is 9.14. The molecule has 0 spiro atoms. The molecule has 1 aromatic heterocycles. The largest absolute Gasteiger partial charge is 0.481 e. The summed E-state index contributed by atoms with van der Waals surface area (Å²) in [6, 6.07) is 0. The molecule has 5 nitrogen and oxygen atoms in total. The van der Waals surface area contributed by atoms with Crippen molar-refractivity contribution in [2.24, 2.45) is 5.92 Å². The van der Waals surface area contributed by atoms with Crippen molar-refractivity contribution < 1.29 is 14.5 Å². The van der Waals surface area contributed by atoms with Crippen molar-refractivity contribution in [1.29, 1.82) is 0 Å². The van der Waals surface area contributed by atoms with Gasteiger partial charge in [0, 0.05) is 6.42 Å². The molecule has 1 unspecified atom stereocenters. The van der Waals surface area contributed by atoms with E-state index in [-0.39, 0.29) is 0 Å². The summed E-state index contributed by atoms with van der Waals surface area (Å²) in [5.41, 5.74) is 1.27. The van der Waals surface area contributed by atoms with Gasteiger partial charge in [-0.15, -0.1) is 0 Å². The Morgan fingerprint density at radius 3 is 2.75 bits per heavy atom. The number of carboxylic acid groups (broad SMARTS) is 1. The normalized spacial score (nSPS) is 12.8. The molecule has 1 heterocycles. The zero-order valence-corrected chi connectivity index (χ0v) is 6.94. The Hall–Kier alpha value is -1.39. The Morgan fingerprint density at radius 1 is 1.67 bits per heavy atom. The highest BCUT2D eigenvalue weighted by Gasteiger charge is 2.15. The van der Waals surface area contributed by atoms with E-state index in [1.807, 2.05) is 0 Å². The molecule has 0 fully saturated rings. The Labute approximate surface area is 69.3 Å². The van der Waals surface area contributed by atoms with Gasteiger partial charge in [-0.3, -0.25) is 4.79 Å². The van der Waals surface area contributed by atoms with Gasteiger partial charge >= 0.3 is 5.97 Å². The summed E-state index contributed by atoms with van der Waals surface area (Å²) in [6.45, 7) is 3.36. The SMILES string of the molecule is Cc1nonc1CC(C)C(=O)O. The van der Waals surface area contributed by atoms with Crippen molar-refractivity contribution in [2.75, 3.05) is 0 Å². The van der Waals surface area contributed by atoms with Gasteiger partial charge in [0.1, 0.15) is 11.4 Å². The van der Waals surface area contributed by atoms with Gasteiger partial charge in [0.05, 0.1) is 5.92 Å². The second-order valence-electron chi connectivity index (χ2n) is 2.74. The predicted octanol–water partition coefficient (Wildman–Crippen LogP) is 0.641. The summed E-state index contributed by atoms with van der Waals surface area (Å²) in [5.74, 6) is -1.28. The number of carbonyl (C=O) groups is 1. The Morgan fingerprint density at radius 2 is 2.33 bits per heavy atom. The van der Waals surface area contributed by atoms with E-state index in [0.717, 1.165) is 0 Å². The minimum Gasteiger partial charge on any atom is -0.481 e. The van der Waals surface area contributed by atoms with Crippen LogP contribution in [0.15, 0.2) is 4.63 Å². The Bertz CT molecular complexity index is 282. The Kier molecular flexibility index (Phi) is 2.42. The van der Waals surface area contributed by atoms with Gasteiger partial charge in [-0.2, -0.15) is 0 Å². The van der Waals surface area contributed by atoms with E-state index in [2.05, 4.69) is 14.9 Å². The van der Waals surface area contributed by atoms with Gasteiger partial charge < -0.3 is 5.11 Å². The highest BCUT2D eigenvalue weighted by atomic mass is 16.6. The molecule has 0 bridgehead atoms. The van der Waals surface area contributed by atoms with E-state index < -0.39 is 11.9 Å². The number of aryl methyl sites for hydroxylation is 1. The molecule has 0 radical (unpaired) electrons. The van der Waals surface area contributed by atoms with Crippen LogP contribution in [0.1, 0.15) is 18.3 Å². The van der Waals surface area contributed by atoms with Crippen LogP contribution in [-0.4, -0.2) is 21.4 Å². The lowest BCUT2D eigenvalue weighted by molar-refractivity contribution is -0.141. The first-order valence-electron chi connectivity index (χ1n) is 3.62. The molecular formula is C7H10N2O3. The van der Waals surface area contributed by atoms with Crippen LogP contribution < -0.4 is 0 Å². The monoisotopic (exact) mass is 170 g/mol. The number of carboxylic acids is 1. The maximum atomic E-state index is 10.5. The van der Waals surface area contributed by atoms with Crippen LogP contribution in [0, 0.1) is 12.8 Å². The summed E-state index contributed by atoms with van der Waals surface area (Å²) in [6.07, 6.45) is 0.366. The van der Waals surface area contributed by atoms with E-state index in [0.29, 0.717) is 17.8 Å². The minimum absolute atomic E-state index is 0.366. The lowest BCUT2D eigenvalue weighted by Gasteiger charge is -2.01. The van der Waals surface area contributed by atoms with Crippen LogP contribution in [0.2, 0.25) is 0 Å². The van der Waals surface area contributed by atoms with Gasteiger partial charge in [-0.1, -0.05) is 17.2 Å². The van der Waals surface area contributed by atoms with Gasteiger partial charge in [-0.25, -0.2) is 4.63 Å². The standard InChI is InChI=1S/C7H10N2O3/c1-4(7(10)11)3-6-5(2)8-12-9-6/h4H,3H2,1-2H3,(H,10,11). The number of aliphatic carboxylic acids is 1. The van der Waals surface area contributed by atoms with Crippen molar-refractivity contribution in [3.63, 3.8) is 0 Å². The number of nitrogens with zero attached hydrogens (tertiary/aromatic N) is 2. The number of hydrogen-bond acceptors (Lipinski definition) is 4. The average Bonchev–Trinajstić information content (AvgIpc) is 2.36. The molecule has 0 aliphatic heterocycles. The number of hydrogen-bond donors (Lipinski definition) is 1. The molecule has 0 saturated heterocycles. The van der Waals surface area contributed by atoms with E-state index in [9.17, 15) is 4.79 Å². The second-order valence-corrected chi connectivity index (χ2v) is 2.74. The maximum absolute atomic E-state index is 10.5. The van der Waals surface area contributed by atoms with Gasteiger partial charge in [0.15, 0.2) is 0 Å². The van der Waals surface area contributed by atoms with Crippen LogP contribution >= 0.6 is 0 Å². The van der Waals surface area contributed by atoms with E-state index >= 15 is 0 Å². The zero-order valence-electron chi connectivity index (χ0n) is 6.94. The topological polar surface area (TPSA) is 76.2 Å². The van der Waals surface area contributed by atoms with E-state index in [1.165, 1.54) is 0 Å². The van der Waals surface area contributed by atoms with Crippen molar-refractivity contribution in [3.8, 4) is 0 Å². The van der Waals surface area contributed by atoms with Crippen LogP contribution in [0.4, 0.5) is 0 Å². The van der Waals surface area contributed by atoms with Crippen molar-refractivity contribution in [2.45, 2.75) is 20.3 Å². The first-order chi connectivity index (χ1) is 5.61. The molecule has 0 amide bonds. The first-order valence-corrected chi connectivity index (χ1v) is 3.62. The third-order valence-corrected chi connectivity index (χ3v) is 1.67. The third kappa shape index (κ3) is 1.81. The third-order valence-electron chi connectivity index (χ3n) is 1.67. The highest BCUT2D eigenvalue weighted by Crippen LogP contribution is 2.08. The fraction of sp³-hybridized carbons (Fsp3) is 0.571. The van der Waals surface area contributed by atoms with Gasteiger partial charge in [-0.05, 0) is 6.92 Å². The molecule has 1 atom stereocenters. The van der Waals surface area contributed by atoms with Crippen LogP contribution in [0.3, 0.4) is 0 Å². The van der Waals surface area contributed by atoms with Crippen molar-refractivity contribution in [1.82, 2.24) is 10.3 Å². The summed E-state index contributed by atoms with van der Waals surface area (Å²) in [5, 5.41) is 15.7. The van der Waals surface area contributed by atoms with E-state index in [1.54, 1.807) is 13.8 Å². The lowest BCUT2D eigenvalue weighted by Crippen LogP contribution is -2.12. The number of aromatic nitrogens is 2. The quantitative estimate of drug-likeness (QED) is 0.720. The molecule has 0 aromatic carbocycles. The molecule has 12 heavy (non-hydrogen) atoms. The summed E-state index contributed by atoms with van der Waals surface area (Å²) >= 11 is 0. The average molecular weight is 170 g/mol. The van der Waals surface area contributed by atoms with Gasteiger partial charge in [0.25, 0.3) is 0 Å². The van der Waals surface area contributed by atoms with Gasteiger partial charge in [0.2, 0.25) is 0 Å². The first kappa shape index (κ1) is 8.70. The second kappa shape index (κ2) is 3.34. The Balaban J connectivity index is 2.64. The smallest absolute Gasteiger partial charge is 0.306 e. The molecule has 1 aromatic rings. The van der Waals surface area contributed by atoms with Crippen molar-refractivity contribution in [3.05, 3.63) is 11.4 Å². The summed E-state index contributed by atoms with van der Waals surface area (Å²) < 4.78 is 4.43. The molecule has 0 aliphatic carbocycles. The molecule has 1 N–H and O–H groups in total. The maximum Gasteiger partial charge on any atom is 0.306 e. The van der Waals surface area contributed by atoms with E-state index in [4.69, 9.17) is 5.11 Å². The molecule has 0 aliphatic rings. The fourth-order valence-corrected chi connectivity index (χ4v) is 0.812. The molecular weight excluding hydrogens is 160 g/mol. The fourth-order valence-electron chi connectivity index (χ4n) is 0.812. The highest BCUT2D eigenvalue weighted by molar-refractivity contribution is 5.69.